The second-order valence-corrected chi connectivity index (χ2v) is 4.88. The van der Waals surface area contributed by atoms with E-state index in [9.17, 15) is 18.0 Å². The predicted octanol–water partition coefficient (Wildman–Crippen LogP) is 4.21. The van der Waals surface area contributed by atoms with Crippen LogP contribution >= 0.6 is 0 Å². The van der Waals surface area contributed by atoms with E-state index in [2.05, 4.69) is 0 Å². The van der Waals surface area contributed by atoms with Crippen molar-refractivity contribution in [2.45, 2.75) is 20.0 Å². The van der Waals surface area contributed by atoms with Crippen molar-refractivity contribution in [3.05, 3.63) is 58.9 Å². The zero-order valence-electron chi connectivity index (χ0n) is 12.0. The number of halogens is 3. The molecule has 1 heterocycles. The minimum Gasteiger partial charge on any atom is -0.478 e. The van der Waals surface area contributed by atoms with Gasteiger partial charge in [-0.05, 0) is 55.8 Å². The summed E-state index contributed by atoms with van der Waals surface area (Å²) < 4.78 is 39.5. The Balaban J connectivity index is 2.43. The van der Waals surface area contributed by atoms with E-state index in [0.717, 1.165) is 29.6 Å². The maximum Gasteiger partial charge on any atom is 0.416 e. The first-order valence-electron chi connectivity index (χ1n) is 6.47. The van der Waals surface area contributed by atoms with Crippen LogP contribution in [0.2, 0.25) is 0 Å². The van der Waals surface area contributed by atoms with Crippen molar-refractivity contribution < 1.29 is 23.1 Å². The Labute approximate surface area is 125 Å². The monoisotopic (exact) mass is 309 g/mol. The van der Waals surface area contributed by atoms with Crippen LogP contribution in [0.25, 0.3) is 11.8 Å². The molecular weight excluding hydrogens is 295 g/mol. The second-order valence-electron chi connectivity index (χ2n) is 4.88. The Kier molecular flexibility index (Phi) is 4.12. The molecule has 0 amide bonds. The molecular formula is C16H14F3NO2. The molecule has 3 nitrogen and oxygen atoms in total. The van der Waals surface area contributed by atoms with Gasteiger partial charge in [0.25, 0.3) is 0 Å². The predicted molar refractivity (Wildman–Crippen MR) is 76.9 cm³/mol. The summed E-state index contributed by atoms with van der Waals surface area (Å²) in [5.41, 5.74) is 2.17. The number of nitrogens with zero attached hydrogens (tertiary/aromatic N) is 1. The van der Waals surface area contributed by atoms with E-state index in [1.54, 1.807) is 17.6 Å². The Morgan fingerprint density at radius 1 is 1.18 bits per heavy atom. The van der Waals surface area contributed by atoms with Crippen LogP contribution in [-0.4, -0.2) is 15.6 Å². The second kappa shape index (κ2) is 5.71. The maximum atomic E-state index is 12.6. The molecule has 0 saturated heterocycles. The minimum atomic E-state index is -4.37. The average molecular weight is 309 g/mol. The van der Waals surface area contributed by atoms with Gasteiger partial charge in [0.1, 0.15) is 0 Å². The highest BCUT2D eigenvalue weighted by Crippen LogP contribution is 2.30. The van der Waals surface area contributed by atoms with Crippen molar-refractivity contribution in [3.63, 3.8) is 0 Å². The lowest BCUT2D eigenvalue weighted by atomic mass is 10.2. The molecule has 0 fully saturated rings. The Hall–Kier alpha value is -2.50. The highest BCUT2D eigenvalue weighted by Gasteiger charge is 2.30. The van der Waals surface area contributed by atoms with E-state index in [-0.39, 0.29) is 0 Å². The van der Waals surface area contributed by atoms with Gasteiger partial charge in [-0.25, -0.2) is 4.79 Å². The molecule has 1 aromatic carbocycles. The van der Waals surface area contributed by atoms with Gasteiger partial charge in [0, 0.05) is 23.2 Å². The lowest BCUT2D eigenvalue weighted by Gasteiger charge is -2.12. The van der Waals surface area contributed by atoms with Gasteiger partial charge in [-0.15, -0.1) is 0 Å². The standard InChI is InChI=1S/C16H14F3NO2/c1-10-9-12(3-8-15(21)22)11(2)20(10)14-6-4-13(5-7-14)16(17,18)19/h3-9H,1-2H3,(H,21,22)/b8-3+. The lowest BCUT2D eigenvalue weighted by molar-refractivity contribution is -0.137. The van der Waals surface area contributed by atoms with Gasteiger partial charge >= 0.3 is 12.1 Å². The third-order valence-corrected chi connectivity index (χ3v) is 3.33. The van der Waals surface area contributed by atoms with E-state index in [4.69, 9.17) is 5.11 Å². The summed E-state index contributed by atoms with van der Waals surface area (Å²) in [4.78, 5) is 10.6. The summed E-state index contributed by atoms with van der Waals surface area (Å²) in [5.74, 6) is -1.06. The first-order valence-corrected chi connectivity index (χ1v) is 6.47. The third-order valence-electron chi connectivity index (χ3n) is 3.33. The molecule has 0 unspecified atom stereocenters. The first kappa shape index (κ1) is 15.9. The highest BCUT2D eigenvalue weighted by atomic mass is 19.4. The topological polar surface area (TPSA) is 42.2 Å². The van der Waals surface area contributed by atoms with E-state index in [1.807, 2.05) is 6.92 Å². The number of carboxylic acid groups (broad SMARTS) is 1. The summed E-state index contributed by atoms with van der Waals surface area (Å²) in [6.07, 6.45) is -1.88. The highest BCUT2D eigenvalue weighted by molar-refractivity contribution is 5.85. The summed E-state index contributed by atoms with van der Waals surface area (Å²) in [6.45, 7) is 3.59. The van der Waals surface area contributed by atoms with Crippen molar-refractivity contribution in [3.8, 4) is 5.69 Å². The van der Waals surface area contributed by atoms with Gasteiger partial charge in [-0.1, -0.05) is 0 Å². The fourth-order valence-corrected chi connectivity index (χ4v) is 2.31. The van der Waals surface area contributed by atoms with Crippen molar-refractivity contribution in [1.82, 2.24) is 4.57 Å². The Morgan fingerprint density at radius 2 is 1.77 bits per heavy atom. The maximum absolute atomic E-state index is 12.6. The molecule has 116 valence electrons. The van der Waals surface area contributed by atoms with Gasteiger partial charge in [-0.3, -0.25) is 0 Å². The Morgan fingerprint density at radius 3 is 2.27 bits per heavy atom. The number of alkyl halides is 3. The lowest BCUT2D eigenvalue weighted by Crippen LogP contribution is -2.05. The van der Waals surface area contributed by atoms with Crippen LogP contribution in [0.15, 0.2) is 36.4 Å². The number of hydrogen-bond acceptors (Lipinski definition) is 1. The van der Waals surface area contributed by atoms with Crippen LogP contribution < -0.4 is 0 Å². The number of aliphatic carboxylic acids is 1. The van der Waals surface area contributed by atoms with Gasteiger partial charge < -0.3 is 9.67 Å². The van der Waals surface area contributed by atoms with Gasteiger partial charge in [0.15, 0.2) is 0 Å². The smallest absolute Gasteiger partial charge is 0.416 e. The van der Waals surface area contributed by atoms with Crippen LogP contribution in [0.5, 0.6) is 0 Å². The van der Waals surface area contributed by atoms with Crippen molar-refractivity contribution in [1.29, 1.82) is 0 Å². The van der Waals surface area contributed by atoms with E-state index in [0.29, 0.717) is 11.3 Å². The minimum absolute atomic E-state index is 0.595. The number of benzene rings is 1. The fourth-order valence-electron chi connectivity index (χ4n) is 2.31. The average Bonchev–Trinajstić information content (AvgIpc) is 2.70. The molecule has 1 aromatic heterocycles. The molecule has 2 rings (SSSR count). The normalized spacial score (nSPS) is 12.0. The molecule has 22 heavy (non-hydrogen) atoms. The molecule has 1 N–H and O–H groups in total. The van der Waals surface area contributed by atoms with E-state index >= 15 is 0 Å². The van der Waals surface area contributed by atoms with E-state index < -0.39 is 17.7 Å². The number of carboxylic acids is 1. The molecule has 2 aromatic rings. The van der Waals surface area contributed by atoms with E-state index in [1.165, 1.54) is 18.2 Å². The van der Waals surface area contributed by atoms with Crippen LogP contribution in [0.3, 0.4) is 0 Å². The van der Waals surface area contributed by atoms with Crippen LogP contribution in [-0.2, 0) is 11.0 Å². The number of rotatable bonds is 3. The number of aryl methyl sites for hydroxylation is 1. The van der Waals surface area contributed by atoms with Crippen molar-refractivity contribution >= 4 is 12.0 Å². The SMILES string of the molecule is Cc1cc(/C=C/C(=O)O)c(C)n1-c1ccc(C(F)(F)F)cc1. The molecule has 0 aliphatic carbocycles. The zero-order valence-corrected chi connectivity index (χ0v) is 12.0. The molecule has 6 heteroatoms. The molecule has 0 aliphatic heterocycles. The van der Waals surface area contributed by atoms with Gasteiger partial charge in [0.05, 0.1) is 5.56 Å². The molecule has 0 atom stereocenters. The quantitative estimate of drug-likeness (QED) is 0.863. The van der Waals surface area contributed by atoms with Gasteiger partial charge in [0.2, 0.25) is 0 Å². The number of aromatic nitrogens is 1. The van der Waals surface area contributed by atoms with Gasteiger partial charge in [-0.2, -0.15) is 13.2 Å². The van der Waals surface area contributed by atoms with Crippen molar-refractivity contribution in [2.75, 3.05) is 0 Å². The zero-order chi connectivity index (χ0) is 16.5. The number of hydrogen-bond donors (Lipinski definition) is 1. The molecule has 0 bridgehead atoms. The number of carbonyl (C=O) groups is 1. The largest absolute Gasteiger partial charge is 0.478 e. The molecule has 0 saturated carbocycles. The fraction of sp³-hybridized carbons (Fsp3) is 0.188. The summed E-state index contributed by atoms with van der Waals surface area (Å²) in [6, 6.07) is 6.63. The van der Waals surface area contributed by atoms with Crippen LogP contribution in [0.1, 0.15) is 22.5 Å². The molecule has 0 spiro atoms. The van der Waals surface area contributed by atoms with Crippen LogP contribution in [0, 0.1) is 13.8 Å². The molecule has 0 radical (unpaired) electrons. The Bertz CT molecular complexity index is 725. The first-order chi connectivity index (χ1) is 10.2. The van der Waals surface area contributed by atoms with Crippen LogP contribution in [0.4, 0.5) is 13.2 Å². The molecule has 0 aliphatic rings. The third kappa shape index (κ3) is 3.21. The summed E-state index contributed by atoms with van der Waals surface area (Å²) in [7, 11) is 0. The summed E-state index contributed by atoms with van der Waals surface area (Å²) in [5, 5.41) is 8.67. The summed E-state index contributed by atoms with van der Waals surface area (Å²) >= 11 is 0. The van der Waals surface area contributed by atoms with Crippen molar-refractivity contribution in [2.24, 2.45) is 0 Å².